The van der Waals surface area contributed by atoms with Gasteiger partial charge in [-0.05, 0) is 62.4 Å². The molecule has 1 heterocycles. The molecule has 1 aliphatic rings. The first-order valence-corrected chi connectivity index (χ1v) is 11.1. The van der Waals surface area contributed by atoms with Gasteiger partial charge in [0.2, 0.25) is 0 Å². The summed E-state index contributed by atoms with van der Waals surface area (Å²) >= 11 is 1.24. The summed E-state index contributed by atoms with van der Waals surface area (Å²) in [6.07, 6.45) is 0.155. The monoisotopic (exact) mass is 456 g/mol. The molecule has 9 heteroatoms. The highest BCUT2D eigenvalue weighted by Gasteiger charge is 2.49. The minimum absolute atomic E-state index is 0.0590. The van der Waals surface area contributed by atoms with Crippen molar-refractivity contribution >= 4 is 29.8 Å². The van der Waals surface area contributed by atoms with Gasteiger partial charge in [-0.3, -0.25) is 19.7 Å². The molecular weight excluding hydrogens is 428 g/mol. The van der Waals surface area contributed by atoms with E-state index in [4.69, 9.17) is 5.21 Å². The second-order valence-corrected chi connectivity index (χ2v) is 9.20. The van der Waals surface area contributed by atoms with Crippen molar-refractivity contribution in [1.82, 2.24) is 20.0 Å². The highest BCUT2D eigenvalue weighted by molar-refractivity contribution is 7.97. The van der Waals surface area contributed by atoms with Crippen molar-refractivity contribution in [3.63, 3.8) is 0 Å². The summed E-state index contributed by atoms with van der Waals surface area (Å²) in [5.41, 5.74) is 4.12. The maximum absolute atomic E-state index is 12.5. The Morgan fingerprint density at radius 1 is 1.06 bits per heavy atom. The van der Waals surface area contributed by atoms with E-state index < -0.39 is 23.5 Å². The van der Waals surface area contributed by atoms with Crippen molar-refractivity contribution in [3.8, 4) is 11.1 Å². The number of imide groups is 1. The van der Waals surface area contributed by atoms with Crippen molar-refractivity contribution in [2.24, 2.45) is 0 Å². The maximum atomic E-state index is 12.5. The standard InChI is InChI=1S/C23H28N4O4S/c1-15-5-7-16(8-6-15)17-9-11-18(12-10-17)32-25-19(20(28)24-31)13-14-27-21(29)23(2,3)26(4)22(27)30/h5-12,19,25,31H,13-14H2,1-4H3,(H,24,28)/t19-/m1/s1. The minimum atomic E-state index is -0.923. The van der Waals surface area contributed by atoms with Crippen molar-refractivity contribution in [2.75, 3.05) is 13.6 Å². The van der Waals surface area contributed by atoms with Crippen LogP contribution in [0.5, 0.6) is 0 Å². The Morgan fingerprint density at radius 3 is 2.12 bits per heavy atom. The summed E-state index contributed by atoms with van der Waals surface area (Å²) in [5.74, 6) is -0.951. The van der Waals surface area contributed by atoms with Gasteiger partial charge in [-0.1, -0.05) is 42.0 Å². The molecule has 2 aromatic carbocycles. The molecule has 0 saturated carbocycles. The zero-order valence-corrected chi connectivity index (χ0v) is 19.4. The zero-order chi connectivity index (χ0) is 23.5. The SMILES string of the molecule is Cc1ccc(-c2ccc(SN[C@H](CCN3C(=O)N(C)C(C)(C)C3=O)C(=O)NO)cc2)cc1. The predicted molar refractivity (Wildman–Crippen MR) is 123 cm³/mol. The number of amides is 4. The van der Waals surface area contributed by atoms with Gasteiger partial charge >= 0.3 is 6.03 Å². The molecule has 0 unspecified atom stereocenters. The molecule has 0 aliphatic carbocycles. The first kappa shape index (κ1) is 23.8. The van der Waals surface area contributed by atoms with Crippen molar-refractivity contribution in [1.29, 1.82) is 0 Å². The van der Waals surface area contributed by atoms with Crippen LogP contribution in [-0.2, 0) is 9.59 Å². The topological polar surface area (TPSA) is 102 Å². The van der Waals surface area contributed by atoms with Crippen LogP contribution in [0.2, 0.25) is 0 Å². The average Bonchev–Trinajstić information content (AvgIpc) is 2.94. The lowest BCUT2D eigenvalue weighted by molar-refractivity contribution is -0.133. The summed E-state index contributed by atoms with van der Waals surface area (Å²) < 4.78 is 3.02. The molecule has 1 aliphatic heterocycles. The number of hydrogen-bond donors (Lipinski definition) is 3. The van der Waals surface area contributed by atoms with Crippen LogP contribution in [-0.4, -0.2) is 58.0 Å². The fraction of sp³-hybridized carbons (Fsp3) is 0.348. The van der Waals surface area contributed by atoms with Crippen molar-refractivity contribution in [2.45, 2.75) is 43.7 Å². The van der Waals surface area contributed by atoms with Gasteiger partial charge in [0.25, 0.3) is 11.8 Å². The normalized spacial score (nSPS) is 16.4. The number of carbonyl (C=O) groups excluding carboxylic acids is 3. The summed E-state index contributed by atoms with van der Waals surface area (Å²) in [4.78, 5) is 40.4. The molecule has 1 fully saturated rings. The zero-order valence-electron chi connectivity index (χ0n) is 18.6. The number of hydroxylamine groups is 1. The molecule has 2 aromatic rings. The second kappa shape index (κ2) is 9.72. The van der Waals surface area contributed by atoms with Gasteiger partial charge in [0.05, 0.1) is 0 Å². The number of likely N-dealkylation sites (N-methyl/N-ethyl adjacent to an activating group) is 1. The third kappa shape index (κ3) is 4.95. The maximum Gasteiger partial charge on any atom is 0.327 e. The van der Waals surface area contributed by atoms with E-state index >= 15 is 0 Å². The lowest BCUT2D eigenvalue weighted by atomic mass is 10.0. The second-order valence-electron chi connectivity index (χ2n) is 8.29. The predicted octanol–water partition coefficient (Wildman–Crippen LogP) is 3.20. The molecule has 4 amide bonds. The van der Waals surface area contributed by atoms with E-state index in [1.165, 1.54) is 22.4 Å². The van der Waals surface area contributed by atoms with Gasteiger partial charge in [-0.15, -0.1) is 0 Å². The summed E-state index contributed by atoms with van der Waals surface area (Å²) in [7, 11) is 1.58. The Labute approximate surface area is 192 Å². The van der Waals surface area contributed by atoms with Crippen LogP contribution in [0, 0.1) is 6.92 Å². The van der Waals surface area contributed by atoms with E-state index in [-0.39, 0.29) is 18.9 Å². The molecule has 1 atom stereocenters. The Morgan fingerprint density at radius 2 is 1.62 bits per heavy atom. The molecule has 1 saturated heterocycles. The van der Waals surface area contributed by atoms with Crippen LogP contribution in [0.1, 0.15) is 25.8 Å². The Balaban J connectivity index is 1.61. The lowest BCUT2D eigenvalue weighted by Crippen LogP contribution is -2.44. The van der Waals surface area contributed by atoms with Crippen LogP contribution >= 0.6 is 11.9 Å². The smallest absolute Gasteiger partial charge is 0.313 e. The van der Waals surface area contributed by atoms with Crippen LogP contribution in [0.4, 0.5) is 4.79 Å². The van der Waals surface area contributed by atoms with Gasteiger partial charge in [0.15, 0.2) is 0 Å². The molecule has 0 spiro atoms. The van der Waals surface area contributed by atoms with Gasteiger partial charge in [-0.2, -0.15) is 0 Å². The number of rotatable bonds is 8. The number of benzene rings is 2. The molecule has 32 heavy (non-hydrogen) atoms. The largest absolute Gasteiger partial charge is 0.327 e. The third-order valence-corrected chi connectivity index (χ3v) is 6.66. The quantitative estimate of drug-likeness (QED) is 0.244. The number of hydrogen-bond acceptors (Lipinski definition) is 6. The number of nitrogens with one attached hydrogen (secondary N) is 2. The highest BCUT2D eigenvalue weighted by atomic mass is 32.2. The summed E-state index contributed by atoms with van der Waals surface area (Å²) in [6, 6.07) is 14.9. The van der Waals surface area contributed by atoms with Gasteiger partial charge in [0.1, 0.15) is 11.6 Å². The molecule has 8 nitrogen and oxygen atoms in total. The van der Waals surface area contributed by atoms with Gasteiger partial charge < -0.3 is 4.90 Å². The van der Waals surface area contributed by atoms with E-state index in [0.29, 0.717) is 0 Å². The summed E-state index contributed by atoms with van der Waals surface area (Å²) in [5, 5.41) is 9.10. The fourth-order valence-electron chi connectivity index (χ4n) is 3.36. The van der Waals surface area contributed by atoms with Gasteiger partial charge in [0, 0.05) is 18.5 Å². The summed E-state index contributed by atoms with van der Waals surface area (Å²) in [6.45, 7) is 5.46. The molecule has 0 aromatic heterocycles. The first-order valence-electron chi connectivity index (χ1n) is 10.3. The molecule has 3 N–H and O–H groups in total. The minimum Gasteiger partial charge on any atom is -0.313 e. The molecule has 3 rings (SSSR count). The highest BCUT2D eigenvalue weighted by Crippen LogP contribution is 2.27. The van der Waals surface area contributed by atoms with E-state index in [0.717, 1.165) is 20.9 Å². The lowest BCUT2D eigenvalue weighted by Gasteiger charge is -2.22. The van der Waals surface area contributed by atoms with Gasteiger partial charge in [-0.25, -0.2) is 15.0 Å². The van der Waals surface area contributed by atoms with Crippen LogP contribution in [0.15, 0.2) is 53.4 Å². The van der Waals surface area contributed by atoms with Crippen molar-refractivity contribution < 1.29 is 19.6 Å². The van der Waals surface area contributed by atoms with Crippen LogP contribution in [0.3, 0.4) is 0 Å². The van der Waals surface area contributed by atoms with Crippen LogP contribution in [0.25, 0.3) is 11.1 Å². The number of aryl methyl sites for hydroxylation is 1. The first-order chi connectivity index (χ1) is 15.1. The molecule has 0 bridgehead atoms. The number of carbonyl (C=O) groups is 3. The van der Waals surface area contributed by atoms with Crippen LogP contribution < -0.4 is 10.2 Å². The van der Waals surface area contributed by atoms with E-state index in [1.807, 2.05) is 31.2 Å². The van der Waals surface area contributed by atoms with E-state index in [9.17, 15) is 14.4 Å². The van der Waals surface area contributed by atoms with Crippen molar-refractivity contribution in [3.05, 3.63) is 54.1 Å². The average molecular weight is 457 g/mol. The molecular formula is C23H28N4O4S. The Bertz CT molecular complexity index is 992. The third-order valence-electron chi connectivity index (χ3n) is 5.75. The fourth-order valence-corrected chi connectivity index (χ4v) is 4.13. The Hall–Kier alpha value is -2.88. The molecule has 170 valence electrons. The number of urea groups is 1. The van der Waals surface area contributed by atoms with E-state index in [2.05, 4.69) is 29.0 Å². The number of nitrogens with zero attached hydrogens (tertiary/aromatic N) is 2. The molecule has 0 radical (unpaired) electrons. The Kier molecular flexibility index (Phi) is 7.22. The van der Waals surface area contributed by atoms with E-state index in [1.54, 1.807) is 26.4 Å².